The van der Waals surface area contributed by atoms with E-state index in [1.165, 1.54) is 43.5 Å². The summed E-state index contributed by atoms with van der Waals surface area (Å²) in [6.07, 6.45) is 1.69. The molecule has 0 spiro atoms. The molecule has 7 nitrogen and oxygen atoms in total. The maximum atomic E-state index is 12.4. The average molecular weight is 382 g/mol. The molecule has 3 rings (SSSR count). The SMILES string of the molecule is COc1ccc(S(=O)(=O)Nc2ccc(S(=O)(=O)NC3CC3)cc2)cc1. The Hall–Kier alpha value is -2.10. The van der Waals surface area contributed by atoms with E-state index in [1.54, 1.807) is 12.1 Å². The van der Waals surface area contributed by atoms with Gasteiger partial charge >= 0.3 is 0 Å². The number of anilines is 1. The van der Waals surface area contributed by atoms with E-state index in [9.17, 15) is 16.8 Å². The maximum Gasteiger partial charge on any atom is 0.261 e. The van der Waals surface area contributed by atoms with Gasteiger partial charge in [-0.2, -0.15) is 0 Å². The van der Waals surface area contributed by atoms with Gasteiger partial charge in [-0.25, -0.2) is 21.6 Å². The van der Waals surface area contributed by atoms with E-state index < -0.39 is 20.0 Å². The molecule has 134 valence electrons. The van der Waals surface area contributed by atoms with Gasteiger partial charge in [-0.3, -0.25) is 4.72 Å². The van der Waals surface area contributed by atoms with Crippen LogP contribution in [0.1, 0.15) is 12.8 Å². The van der Waals surface area contributed by atoms with E-state index in [1.807, 2.05) is 0 Å². The molecule has 0 unspecified atom stereocenters. The van der Waals surface area contributed by atoms with Crippen LogP contribution in [0.25, 0.3) is 0 Å². The summed E-state index contributed by atoms with van der Waals surface area (Å²) in [7, 11) is -5.83. The monoisotopic (exact) mass is 382 g/mol. The highest BCUT2D eigenvalue weighted by Gasteiger charge is 2.27. The van der Waals surface area contributed by atoms with E-state index in [2.05, 4.69) is 9.44 Å². The third-order valence-electron chi connectivity index (χ3n) is 3.69. The normalized spacial score (nSPS) is 14.9. The Kier molecular flexibility index (Phi) is 4.72. The van der Waals surface area contributed by atoms with E-state index in [4.69, 9.17) is 4.74 Å². The number of rotatable bonds is 7. The first-order valence-electron chi connectivity index (χ1n) is 7.59. The third kappa shape index (κ3) is 4.30. The van der Waals surface area contributed by atoms with E-state index in [-0.39, 0.29) is 21.5 Å². The number of methoxy groups -OCH3 is 1. The number of hydrogen-bond acceptors (Lipinski definition) is 5. The molecule has 25 heavy (non-hydrogen) atoms. The van der Waals surface area contributed by atoms with E-state index in [0.29, 0.717) is 5.75 Å². The van der Waals surface area contributed by atoms with Crippen molar-refractivity contribution in [1.29, 1.82) is 0 Å². The van der Waals surface area contributed by atoms with Crippen LogP contribution in [0.5, 0.6) is 5.75 Å². The Labute approximate surface area is 147 Å². The fraction of sp³-hybridized carbons (Fsp3) is 0.250. The number of nitrogens with one attached hydrogen (secondary N) is 2. The average Bonchev–Trinajstić information content (AvgIpc) is 3.38. The van der Waals surface area contributed by atoms with E-state index in [0.717, 1.165) is 12.8 Å². The molecule has 0 heterocycles. The van der Waals surface area contributed by atoms with Crippen molar-refractivity contribution in [1.82, 2.24) is 4.72 Å². The standard InChI is InChI=1S/C16H18N2O5S2/c1-23-14-6-10-16(11-7-14)25(21,22)18-13-4-8-15(9-5-13)24(19,20)17-12-2-3-12/h4-12,17-18H,2-3H2,1H3. The van der Waals surface area contributed by atoms with Gasteiger partial charge in [0.05, 0.1) is 16.9 Å². The Morgan fingerprint density at radius 2 is 1.36 bits per heavy atom. The lowest BCUT2D eigenvalue weighted by atomic mass is 10.3. The second-order valence-electron chi connectivity index (χ2n) is 5.70. The predicted octanol–water partition coefficient (Wildman–Crippen LogP) is 1.94. The third-order valence-corrected chi connectivity index (χ3v) is 6.62. The quantitative estimate of drug-likeness (QED) is 0.762. The smallest absolute Gasteiger partial charge is 0.261 e. The molecule has 0 radical (unpaired) electrons. The van der Waals surface area contributed by atoms with Gasteiger partial charge in [0.25, 0.3) is 10.0 Å². The number of benzene rings is 2. The number of ether oxygens (including phenoxy) is 1. The molecule has 0 aliphatic heterocycles. The Morgan fingerprint density at radius 3 is 1.88 bits per heavy atom. The molecule has 0 saturated heterocycles. The van der Waals surface area contributed by atoms with Crippen LogP contribution in [-0.4, -0.2) is 30.0 Å². The zero-order valence-electron chi connectivity index (χ0n) is 13.5. The first-order chi connectivity index (χ1) is 11.8. The number of sulfonamides is 2. The summed E-state index contributed by atoms with van der Waals surface area (Å²) >= 11 is 0. The summed E-state index contributed by atoms with van der Waals surface area (Å²) < 4.78 is 58.9. The molecule has 9 heteroatoms. The lowest BCUT2D eigenvalue weighted by molar-refractivity contribution is 0.414. The van der Waals surface area contributed by atoms with Gasteiger partial charge in [0.1, 0.15) is 5.75 Å². The van der Waals surface area contributed by atoms with Crippen LogP contribution in [0.2, 0.25) is 0 Å². The van der Waals surface area contributed by atoms with Gasteiger partial charge in [-0.15, -0.1) is 0 Å². The van der Waals surface area contributed by atoms with Crippen molar-refractivity contribution in [3.8, 4) is 5.75 Å². The van der Waals surface area contributed by atoms with Crippen molar-refractivity contribution >= 4 is 25.7 Å². The minimum Gasteiger partial charge on any atom is -0.497 e. The van der Waals surface area contributed by atoms with Crippen LogP contribution >= 0.6 is 0 Å². The minimum atomic E-state index is -3.77. The van der Waals surface area contributed by atoms with Crippen LogP contribution < -0.4 is 14.2 Å². The van der Waals surface area contributed by atoms with Gasteiger partial charge in [0.2, 0.25) is 10.0 Å². The highest BCUT2D eigenvalue weighted by atomic mass is 32.2. The largest absolute Gasteiger partial charge is 0.497 e. The molecule has 2 aromatic carbocycles. The summed E-state index contributed by atoms with van der Waals surface area (Å²) in [5.41, 5.74) is 0.279. The Balaban J connectivity index is 1.75. The van der Waals surface area contributed by atoms with Crippen LogP contribution in [-0.2, 0) is 20.0 Å². The first-order valence-corrected chi connectivity index (χ1v) is 10.6. The van der Waals surface area contributed by atoms with Gasteiger partial charge < -0.3 is 4.74 Å². The van der Waals surface area contributed by atoms with Crippen molar-refractivity contribution in [2.45, 2.75) is 28.7 Å². The van der Waals surface area contributed by atoms with Crippen LogP contribution in [0.15, 0.2) is 58.3 Å². The second kappa shape index (κ2) is 6.66. The summed E-state index contributed by atoms with van der Waals surface area (Å²) in [6.45, 7) is 0. The van der Waals surface area contributed by atoms with Gasteiger partial charge in [0, 0.05) is 11.7 Å². The fourth-order valence-electron chi connectivity index (χ4n) is 2.16. The van der Waals surface area contributed by atoms with Crippen molar-refractivity contribution in [2.75, 3.05) is 11.8 Å². The molecule has 0 bridgehead atoms. The molecule has 2 N–H and O–H groups in total. The second-order valence-corrected chi connectivity index (χ2v) is 9.10. The molecular weight excluding hydrogens is 364 g/mol. The summed E-state index contributed by atoms with van der Waals surface area (Å²) in [5.74, 6) is 0.552. The molecule has 1 aliphatic rings. The lowest BCUT2D eigenvalue weighted by Gasteiger charge is -2.10. The number of hydrogen-bond donors (Lipinski definition) is 2. The van der Waals surface area contributed by atoms with Gasteiger partial charge in [-0.1, -0.05) is 0 Å². The highest BCUT2D eigenvalue weighted by Crippen LogP contribution is 2.24. The molecule has 1 fully saturated rings. The van der Waals surface area contributed by atoms with Crippen LogP contribution in [0.3, 0.4) is 0 Å². The molecule has 2 aromatic rings. The molecule has 1 saturated carbocycles. The fourth-order valence-corrected chi connectivity index (χ4v) is 4.52. The molecule has 0 amide bonds. The topological polar surface area (TPSA) is 102 Å². The maximum absolute atomic E-state index is 12.4. The molecule has 0 aromatic heterocycles. The Morgan fingerprint density at radius 1 is 0.840 bits per heavy atom. The summed E-state index contributed by atoms with van der Waals surface area (Å²) in [6, 6.07) is 11.6. The highest BCUT2D eigenvalue weighted by molar-refractivity contribution is 7.92. The lowest BCUT2D eigenvalue weighted by Crippen LogP contribution is -2.25. The van der Waals surface area contributed by atoms with E-state index >= 15 is 0 Å². The predicted molar refractivity (Wildman–Crippen MR) is 93.6 cm³/mol. The summed E-state index contributed by atoms with van der Waals surface area (Å²) in [4.78, 5) is 0.187. The molecule has 0 atom stereocenters. The van der Waals surface area contributed by atoms with Crippen molar-refractivity contribution < 1.29 is 21.6 Å². The molecular formula is C16H18N2O5S2. The molecule has 1 aliphatic carbocycles. The van der Waals surface area contributed by atoms with Crippen LogP contribution in [0.4, 0.5) is 5.69 Å². The van der Waals surface area contributed by atoms with Gasteiger partial charge in [0.15, 0.2) is 0 Å². The van der Waals surface area contributed by atoms with Crippen molar-refractivity contribution in [3.05, 3.63) is 48.5 Å². The zero-order valence-corrected chi connectivity index (χ0v) is 15.1. The first kappa shape index (κ1) is 17.7. The van der Waals surface area contributed by atoms with Crippen molar-refractivity contribution in [3.63, 3.8) is 0 Å². The summed E-state index contributed by atoms with van der Waals surface area (Å²) in [5, 5.41) is 0. The minimum absolute atomic E-state index is 0.0123. The van der Waals surface area contributed by atoms with Crippen LogP contribution in [0, 0.1) is 0 Å². The van der Waals surface area contributed by atoms with Crippen molar-refractivity contribution in [2.24, 2.45) is 0 Å². The zero-order chi connectivity index (χ0) is 18.1. The Bertz CT molecular complexity index is 949. The van der Waals surface area contributed by atoms with Gasteiger partial charge in [-0.05, 0) is 61.4 Å².